The van der Waals surface area contributed by atoms with Crippen LogP contribution in [0.25, 0.3) is 43.7 Å². The Kier molecular flexibility index (Phi) is 2.73. The van der Waals surface area contributed by atoms with E-state index in [9.17, 15) is 0 Å². The number of H-pyrrole nitrogens is 1. The largest absolute Gasteiger partial charge is 0.383 e. The first-order chi connectivity index (χ1) is 12.2. The maximum absolute atomic E-state index is 6.12. The van der Waals surface area contributed by atoms with E-state index < -0.39 is 0 Å². The zero-order valence-electron chi connectivity index (χ0n) is 13.3. The van der Waals surface area contributed by atoms with Gasteiger partial charge in [-0.25, -0.2) is 4.98 Å². The second-order valence-corrected chi connectivity index (χ2v) is 6.08. The van der Waals surface area contributed by atoms with Crippen molar-refractivity contribution in [1.29, 1.82) is 0 Å². The minimum absolute atomic E-state index is 0.184. The monoisotopic (exact) mass is 325 g/mol. The molecule has 5 N–H and O–H groups in total. The molecule has 0 radical (unpaired) electrons. The van der Waals surface area contributed by atoms with Gasteiger partial charge >= 0.3 is 0 Å². The molecule has 5 heteroatoms. The molecule has 0 aliphatic carbocycles. The van der Waals surface area contributed by atoms with E-state index in [1.54, 1.807) is 0 Å². The second kappa shape index (κ2) is 4.95. The van der Waals surface area contributed by atoms with Crippen molar-refractivity contribution in [3.8, 4) is 11.1 Å². The number of aromatic amines is 1. The van der Waals surface area contributed by atoms with Crippen LogP contribution in [0, 0.1) is 0 Å². The van der Waals surface area contributed by atoms with Crippen molar-refractivity contribution in [3.63, 3.8) is 0 Å². The molecule has 0 saturated heterocycles. The van der Waals surface area contributed by atoms with Crippen LogP contribution in [0.5, 0.6) is 0 Å². The standard InChI is InChI=1S/C20H15N5/c21-19-17-14-8-9-23-18(14)15(10-16(17)24-20(22)25-19)13-7-3-5-11-4-1-2-6-12(11)13/h1-10,23H,(H4,21,22,24,25). The van der Waals surface area contributed by atoms with Gasteiger partial charge in [0.2, 0.25) is 5.95 Å². The molecule has 0 amide bonds. The normalized spacial score (nSPS) is 11.5. The maximum atomic E-state index is 6.12. The molecule has 2 heterocycles. The number of fused-ring (bicyclic) bond motifs is 4. The van der Waals surface area contributed by atoms with Gasteiger partial charge in [0.15, 0.2) is 0 Å². The summed E-state index contributed by atoms with van der Waals surface area (Å²) in [5.41, 5.74) is 15.9. The Bertz CT molecular complexity index is 1260. The molecule has 0 spiro atoms. The van der Waals surface area contributed by atoms with Crippen molar-refractivity contribution in [2.24, 2.45) is 0 Å². The van der Waals surface area contributed by atoms with E-state index in [0.29, 0.717) is 5.82 Å². The SMILES string of the molecule is Nc1nc(N)c2c(cc(-c3cccc4ccccc34)c3[nH]ccc32)n1. The first kappa shape index (κ1) is 13.8. The number of hydrogen-bond donors (Lipinski definition) is 3. The highest BCUT2D eigenvalue weighted by atomic mass is 15.0. The molecule has 0 bridgehead atoms. The highest BCUT2D eigenvalue weighted by Gasteiger charge is 2.15. The van der Waals surface area contributed by atoms with E-state index in [1.807, 2.05) is 24.4 Å². The summed E-state index contributed by atoms with van der Waals surface area (Å²) < 4.78 is 0. The molecule has 0 fully saturated rings. The third kappa shape index (κ3) is 1.96. The van der Waals surface area contributed by atoms with E-state index in [-0.39, 0.29) is 5.95 Å². The van der Waals surface area contributed by atoms with Crippen LogP contribution in [-0.4, -0.2) is 15.0 Å². The van der Waals surface area contributed by atoms with Crippen LogP contribution in [0.2, 0.25) is 0 Å². The number of nitrogens with zero attached hydrogens (tertiary/aromatic N) is 2. The zero-order valence-corrected chi connectivity index (χ0v) is 13.3. The second-order valence-electron chi connectivity index (χ2n) is 6.08. The molecule has 0 aliphatic heterocycles. The number of hydrogen-bond acceptors (Lipinski definition) is 4. The lowest BCUT2D eigenvalue weighted by atomic mass is 9.95. The molecule has 0 unspecified atom stereocenters. The molecule has 0 saturated carbocycles. The van der Waals surface area contributed by atoms with Gasteiger partial charge in [-0.05, 0) is 28.5 Å². The average molecular weight is 325 g/mol. The fourth-order valence-electron chi connectivity index (χ4n) is 3.58. The summed E-state index contributed by atoms with van der Waals surface area (Å²) in [7, 11) is 0. The van der Waals surface area contributed by atoms with Crippen molar-refractivity contribution in [3.05, 3.63) is 60.8 Å². The van der Waals surface area contributed by atoms with E-state index in [0.717, 1.165) is 32.9 Å². The molecular weight excluding hydrogens is 310 g/mol. The van der Waals surface area contributed by atoms with Crippen LogP contribution in [0.4, 0.5) is 11.8 Å². The molecule has 5 rings (SSSR count). The Hall–Kier alpha value is -3.60. The zero-order chi connectivity index (χ0) is 17.0. The number of aromatic nitrogens is 3. The number of nitrogens with one attached hydrogen (secondary N) is 1. The third-order valence-corrected chi connectivity index (χ3v) is 4.63. The summed E-state index contributed by atoms with van der Waals surface area (Å²) in [6.45, 7) is 0. The van der Waals surface area contributed by atoms with Crippen LogP contribution < -0.4 is 11.5 Å². The van der Waals surface area contributed by atoms with Crippen LogP contribution in [0.3, 0.4) is 0 Å². The van der Waals surface area contributed by atoms with Gasteiger partial charge < -0.3 is 16.5 Å². The Morgan fingerprint density at radius 2 is 1.64 bits per heavy atom. The summed E-state index contributed by atoms with van der Waals surface area (Å²) in [4.78, 5) is 11.9. The molecule has 120 valence electrons. The lowest BCUT2D eigenvalue weighted by molar-refractivity contribution is 1.25. The van der Waals surface area contributed by atoms with Crippen LogP contribution in [0.15, 0.2) is 60.8 Å². The molecule has 3 aromatic carbocycles. The highest BCUT2D eigenvalue weighted by molar-refractivity contribution is 6.17. The summed E-state index contributed by atoms with van der Waals surface area (Å²) in [6, 6.07) is 18.7. The summed E-state index contributed by atoms with van der Waals surface area (Å²) in [5, 5.41) is 4.21. The predicted molar refractivity (Wildman–Crippen MR) is 103 cm³/mol. The van der Waals surface area contributed by atoms with E-state index >= 15 is 0 Å². The smallest absolute Gasteiger partial charge is 0.222 e. The molecule has 0 aliphatic rings. The Morgan fingerprint density at radius 3 is 2.56 bits per heavy atom. The number of benzene rings is 3. The first-order valence-electron chi connectivity index (χ1n) is 8.03. The minimum atomic E-state index is 0.184. The van der Waals surface area contributed by atoms with Crippen molar-refractivity contribution in [1.82, 2.24) is 15.0 Å². The highest BCUT2D eigenvalue weighted by Crippen LogP contribution is 2.38. The quantitative estimate of drug-likeness (QED) is 0.432. The number of anilines is 2. The van der Waals surface area contributed by atoms with Crippen LogP contribution in [-0.2, 0) is 0 Å². The fraction of sp³-hybridized carbons (Fsp3) is 0. The van der Waals surface area contributed by atoms with Crippen molar-refractivity contribution < 1.29 is 0 Å². The summed E-state index contributed by atoms with van der Waals surface area (Å²) in [6.07, 6.45) is 1.91. The van der Waals surface area contributed by atoms with Gasteiger partial charge in [-0.3, -0.25) is 0 Å². The number of nitrogen functional groups attached to an aromatic ring is 2. The van der Waals surface area contributed by atoms with Crippen LogP contribution in [0.1, 0.15) is 0 Å². The van der Waals surface area contributed by atoms with Gasteiger partial charge in [-0.15, -0.1) is 0 Å². The molecule has 0 atom stereocenters. The molecule has 5 aromatic rings. The lowest BCUT2D eigenvalue weighted by Gasteiger charge is -2.11. The van der Waals surface area contributed by atoms with Crippen molar-refractivity contribution in [2.75, 3.05) is 11.5 Å². The topological polar surface area (TPSA) is 93.6 Å². The fourth-order valence-corrected chi connectivity index (χ4v) is 3.58. The number of nitrogens with two attached hydrogens (primary N) is 2. The van der Waals surface area contributed by atoms with Gasteiger partial charge in [0.25, 0.3) is 0 Å². The van der Waals surface area contributed by atoms with Gasteiger partial charge in [0, 0.05) is 17.1 Å². The Balaban J connectivity index is 1.97. The maximum Gasteiger partial charge on any atom is 0.222 e. The van der Waals surface area contributed by atoms with Gasteiger partial charge in [0.05, 0.1) is 16.4 Å². The Labute approximate surface area is 143 Å². The van der Waals surface area contributed by atoms with Gasteiger partial charge in [-0.1, -0.05) is 42.5 Å². The van der Waals surface area contributed by atoms with Gasteiger partial charge in [-0.2, -0.15) is 4.98 Å². The van der Waals surface area contributed by atoms with Gasteiger partial charge in [0.1, 0.15) is 5.82 Å². The number of rotatable bonds is 1. The molecule has 25 heavy (non-hydrogen) atoms. The average Bonchev–Trinajstić information content (AvgIpc) is 3.09. The summed E-state index contributed by atoms with van der Waals surface area (Å²) >= 11 is 0. The molecular formula is C20H15N5. The molecule has 2 aromatic heterocycles. The van der Waals surface area contributed by atoms with E-state index in [4.69, 9.17) is 11.5 Å². The van der Waals surface area contributed by atoms with Crippen molar-refractivity contribution in [2.45, 2.75) is 0 Å². The van der Waals surface area contributed by atoms with Crippen molar-refractivity contribution >= 4 is 44.3 Å². The third-order valence-electron chi connectivity index (χ3n) is 4.63. The first-order valence-corrected chi connectivity index (χ1v) is 8.03. The minimum Gasteiger partial charge on any atom is -0.383 e. The summed E-state index contributed by atoms with van der Waals surface area (Å²) in [5.74, 6) is 0.584. The predicted octanol–water partition coefficient (Wildman–Crippen LogP) is 4.10. The van der Waals surface area contributed by atoms with Crippen LogP contribution >= 0.6 is 0 Å². The lowest BCUT2D eigenvalue weighted by Crippen LogP contribution is -2.01. The van der Waals surface area contributed by atoms with E-state index in [1.165, 1.54) is 10.8 Å². The Morgan fingerprint density at radius 1 is 0.800 bits per heavy atom. The molecule has 5 nitrogen and oxygen atoms in total. The van der Waals surface area contributed by atoms with E-state index in [2.05, 4.69) is 51.4 Å².